The molecule has 2 aromatic heterocycles. The lowest BCUT2D eigenvalue weighted by atomic mass is 10.1. The third-order valence-corrected chi connectivity index (χ3v) is 5.04. The monoisotopic (exact) mass is 366 g/mol. The molecule has 0 saturated heterocycles. The van der Waals surface area contributed by atoms with Crippen LogP contribution in [0.15, 0.2) is 54.2 Å². The minimum absolute atomic E-state index is 0.0442. The number of imidazole rings is 1. The van der Waals surface area contributed by atoms with Crippen molar-refractivity contribution >= 4 is 23.2 Å². The van der Waals surface area contributed by atoms with Crippen LogP contribution in [0, 0.1) is 13.8 Å². The Bertz CT molecular complexity index is 949. The SMILES string of the molecule is C=CCNC(=O)C(C)Sc1nc(-c2ccccc2)c2c(C)cc(C)nn12. The molecule has 1 N–H and O–H groups in total. The van der Waals surface area contributed by atoms with Crippen LogP contribution in [0.1, 0.15) is 18.2 Å². The number of hydrogen-bond acceptors (Lipinski definition) is 4. The van der Waals surface area contributed by atoms with Gasteiger partial charge in [-0.05, 0) is 32.4 Å². The second-order valence-corrected chi connectivity index (χ2v) is 7.44. The third-order valence-electron chi connectivity index (χ3n) is 4.00. The average Bonchev–Trinajstić information content (AvgIpc) is 2.99. The second-order valence-electron chi connectivity index (χ2n) is 6.13. The summed E-state index contributed by atoms with van der Waals surface area (Å²) < 4.78 is 1.86. The lowest BCUT2D eigenvalue weighted by molar-refractivity contribution is -0.120. The molecular weight excluding hydrogens is 344 g/mol. The van der Waals surface area contributed by atoms with Crippen molar-refractivity contribution in [3.8, 4) is 11.3 Å². The van der Waals surface area contributed by atoms with Gasteiger partial charge in [-0.15, -0.1) is 6.58 Å². The van der Waals surface area contributed by atoms with Gasteiger partial charge in [0.05, 0.1) is 22.2 Å². The Morgan fingerprint density at radius 1 is 1.35 bits per heavy atom. The summed E-state index contributed by atoms with van der Waals surface area (Å²) >= 11 is 1.41. The first kappa shape index (κ1) is 18.2. The molecule has 1 atom stereocenters. The maximum atomic E-state index is 12.2. The molecule has 1 amide bonds. The van der Waals surface area contributed by atoms with Crippen molar-refractivity contribution in [1.82, 2.24) is 19.9 Å². The number of aromatic nitrogens is 3. The van der Waals surface area contributed by atoms with Crippen molar-refractivity contribution in [3.05, 3.63) is 60.3 Å². The number of benzene rings is 1. The summed E-state index contributed by atoms with van der Waals surface area (Å²) in [5.74, 6) is -0.0442. The van der Waals surface area contributed by atoms with Crippen LogP contribution in [-0.4, -0.2) is 32.3 Å². The molecule has 0 aliphatic carbocycles. The zero-order valence-electron chi connectivity index (χ0n) is 15.2. The van der Waals surface area contributed by atoms with Crippen molar-refractivity contribution in [1.29, 1.82) is 0 Å². The highest BCUT2D eigenvalue weighted by Crippen LogP contribution is 2.32. The van der Waals surface area contributed by atoms with Gasteiger partial charge in [-0.3, -0.25) is 4.79 Å². The van der Waals surface area contributed by atoms with E-state index in [-0.39, 0.29) is 11.2 Å². The van der Waals surface area contributed by atoms with E-state index < -0.39 is 0 Å². The molecule has 134 valence electrons. The molecule has 3 aromatic rings. The Morgan fingerprint density at radius 3 is 2.77 bits per heavy atom. The Labute approximate surface area is 157 Å². The predicted molar refractivity (Wildman–Crippen MR) is 106 cm³/mol. The van der Waals surface area contributed by atoms with Crippen molar-refractivity contribution in [2.45, 2.75) is 31.2 Å². The molecule has 5 nitrogen and oxygen atoms in total. The minimum Gasteiger partial charge on any atom is -0.352 e. The highest BCUT2D eigenvalue weighted by molar-refractivity contribution is 8.00. The van der Waals surface area contributed by atoms with E-state index in [2.05, 4.69) is 30.0 Å². The zero-order chi connectivity index (χ0) is 18.7. The van der Waals surface area contributed by atoms with Crippen molar-refractivity contribution in [2.75, 3.05) is 6.54 Å². The number of aryl methyl sites for hydroxylation is 2. The van der Waals surface area contributed by atoms with E-state index >= 15 is 0 Å². The van der Waals surface area contributed by atoms with Gasteiger partial charge in [0, 0.05) is 12.1 Å². The standard InChI is InChI=1S/C20H22N4OS/c1-5-11-21-19(25)15(4)26-20-22-17(16-9-7-6-8-10-16)18-13(2)12-14(3)23-24(18)20/h5-10,12,15H,1,11H2,2-4H3,(H,21,25). The Morgan fingerprint density at radius 2 is 2.08 bits per heavy atom. The van der Waals surface area contributed by atoms with Gasteiger partial charge in [-0.2, -0.15) is 5.10 Å². The largest absolute Gasteiger partial charge is 0.352 e. The van der Waals surface area contributed by atoms with Gasteiger partial charge in [0.2, 0.25) is 5.91 Å². The van der Waals surface area contributed by atoms with Crippen LogP contribution >= 0.6 is 11.8 Å². The Kier molecular flexibility index (Phi) is 5.42. The number of rotatable bonds is 6. The summed E-state index contributed by atoms with van der Waals surface area (Å²) in [6, 6.07) is 12.1. The molecule has 0 aliphatic heterocycles. The molecule has 0 fully saturated rings. The maximum absolute atomic E-state index is 12.2. The van der Waals surface area contributed by atoms with Crippen LogP contribution in [0.3, 0.4) is 0 Å². The number of amides is 1. The molecule has 0 radical (unpaired) electrons. The number of hydrogen-bond donors (Lipinski definition) is 1. The van der Waals surface area contributed by atoms with Gasteiger partial charge in [-0.1, -0.05) is 48.2 Å². The van der Waals surface area contributed by atoms with Gasteiger partial charge in [0.1, 0.15) is 0 Å². The molecule has 1 aromatic carbocycles. The van der Waals surface area contributed by atoms with Crippen LogP contribution in [-0.2, 0) is 4.79 Å². The van der Waals surface area contributed by atoms with E-state index in [9.17, 15) is 4.79 Å². The highest BCUT2D eigenvalue weighted by Gasteiger charge is 2.21. The first-order chi connectivity index (χ1) is 12.5. The van der Waals surface area contributed by atoms with Crippen molar-refractivity contribution in [3.63, 3.8) is 0 Å². The molecule has 26 heavy (non-hydrogen) atoms. The van der Waals surface area contributed by atoms with Gasteiger partial charge >= 0.3 is 0 Å². The zero-order valence-corrected chi connectivity index (χ0v) is 16.0. The van der Waals surface area contributed by atoms with E-state index in [4.69, 9.17) is 4.98 Å². The molecular formula is C20H22N4OS. The number of nitrogens with zero attached hydrogens (tertiary/aromatic N) is 3. The number of nitrogens with one attached hydrogen (secondary N) is 1. The first-order valence-corrected chi connectivity index (χ1v) is 9.37. The second kappa shape index (κ2) is 7.74. The first-order valence-electron chi connectivity index (χ1n) is 8.49. The normalized spacial score (nSPS) is 12.1. The molecule has 3 rings (SSSR count). The minimum atomic E-state index is -0.285. The molecule has 0 bridgehead atoms. The van der Waals surface area contributed by atoms with Crippen LogP contribution in [0.5, 0.6) is 0 Å². The fourth-order valence-electron chi connectivity index (χ4n) is 2.81. The van der Waals surface area contributed by atoms with Gasteiger partial charge in [-0.25, -0.2) is 9.50 Å². The molecule has 0 spiro atoms. The van der Waals surface area contributed by atoms with E-state index in [0.717, 1.165) is 28.0 Å². The number of carbonyl (C=O) groups is 1. The van der Waals surface area contributed by atoms with Crippen molar-refractivity contribution in [2.24, 2.45) is 0 Å². The van der Waals surface area contributed by atoms with Crippen LogP contribution in [0.2, 0.25) is 0 Å². The smallest absolute Gasteiger partial charge is 0.233 e. The quantitative estimate of drug-likeness (QED) is 0.532. The predicted octanol–water partition coefficient (Wildman–Crippen LogP) is 3.80. The molecule has 1 unspecified atom stereocenters. The molecule has 0 aliphatic rings. The lowest BCUT2D eigenvalue weighted by Crippen LogP contribution is -2.31. The Balaban J connectivity index is 2.06. The fraction of sp³-hybridized carbons (Fsp3) is 0.250. The summed E-state index contributed by atoms with van der Waals surface area (Å²) in [6.07, 6.45) is 1.67. The summed E-state index contributed by atoms with van der Waals surface area (Å²) in [7, 11) is 0. The van der Waals surface area contributed by atoms with E-state index in [1.165, 1.54) is 11.8 Å². The summed E-state index contributed by atoms with van der Waals surface area (Å²) in [5, 5.41) is 7.90. The number of carbonyl (C=O) groups excluding carboxylic acids is 1. The molecule has 0 saturated carbocycles. The van der Waals surface area contributed by atoms with Crippen molar-refractivity contribution < 1.29 is 4.79 Å². The van der Waals surface area contributed by atoms with E-state index in [1.807, 2.05) is 48.7 Å². The Hall–Kier alpha value is -2.60. The number of fused-ring (bicyclic) bond motifs is 1. The van der Waals surface area contributed by atoms with Crippen LogP contribution < -0.4 is 5.32 Å². The average molecular weight is 366 g/mol. The van der Waals surface area contributed by atoms with Crippen LogP contribution in [0.25, 0.3) is 16.8 Å². The van der Waals surface area contributed by atoms with Gasteiger partial charge in [0.25, 0.3) is 0 Å². The summed E-state index contributed by atoms with van der Waals surface area (Å²) in [4.78, 5) is 17.0. The highest BCUT2D eigenvalue weighted by atomic mass is 32.2. The van der Waals surface area contributed by atoms with Gasteiger partial charge in [0.15, 0.2) is 5.16 Å². The number of thioether (sulfide) groups is 1. The molecule has 2 heterocycles. The van der Waals surface area contributed by atoms with E-state index in [0.29, 0.717) is 11.7 Å². The van der Waals surface area contributed by atoms with Gasteiger partial charge < -0.3 is 5.32 Å². The summed E-state index contributed by atoms with van der Waals surface area (Å²) in [6.45, 7) is 9.98. The molecule has 6 heteroatoms. The topological polar surface area (TPSA) is 59.3 Å². The van der Waals surface area contributed by atoms with Crippen LogP contribution in [0.4, 0.5) is 0 Å². The van der Waals surface area contributed by atoms with E-state index in [1.54, 1.807) is 6.08 Å². The maximum Gasteiger partial charge on any atom is 0.233 e. The summed E-state index contributed by atoms with van der Waals surface area (Å²) in [5.41, 5.74) is 4.92. The fourth-order valence-corrected chi connectivity index (χ4v) is 3.69. The lowest BCUT2D eigenvalue weighted by Gasteiger charge is -2.10. The third kappa shape index (κ3) is 3.65.